The number of carbonyl (C=O) groups is 1. The highest BCUT2D eigenvalue weighted by atomic mass is 79.9. The van der Waals surface area contributed by atoms with E-state index >= 15 is 0 Å². The van der Waals surface area contributed by atoms with Crippen molar-refractivity contribution >= 4 is 33.3 Å². The van der Waals surface area contributed by atoms with Gasteiger partial charge in [-0.25, -0.2) is 0 Å². The Kier molecular flexibility index (Phi) is 5.58. The predicted octanol–water partition coefficient (Wildman–Crippen LogP) is 1.87. The molecule has 1 fully saturated rings. The van der Waals surface area contributed by atoms with Gasteiger partial charge in [0.25, 0.3) is 0 Å². The van der Waals surface area contributed by atoms with E-state index in [0.717, 1.165) is 42.2 Å². The summed E-state index contributed by atoms with van der Waals surface area (Å²) in [7, 11) is 0. The first-order valence-electron chi connectivity index (χ1n) is 7.90. The van der Waals surface area contributed by atoms with Gasteiger partial charge in [0, 0.05) is 36.3 Å². The molecule has 7 nitrogen and oxygen atoms in total. The minimum absolute atomic E-state index is 0.0195. The molecule has 1 amide bonds. The first-order valence-corrected chi connectivity index (χ1v) is 8.70. The normalized spacial score (nSPS) is 14.8. The van der Waals surface area contributed by atoms with Crippen LogP contribution in [0, 0.1) is 11.3 Å². The van der Waals surface area contributed by atoms with E-state index in [2.05, 4.69) is 41.2 Å². The van der Waals surface area contributed by atoms with Crippen LogP contribution >= 0.6 is 15.9 Å². The lowest BCUT2D eigenvalue weighted by atomic mass is 10.3. The molecule has 128 valence electrons. The van der Waals surface area contributed by atoms with Crippen LogP contribution in [0.5, 0.6) is 0 Å². The van der Waals surface area contributed by atoms with E-state index in [9.17, 15) is 4.79 Å². The van der Waals surface area contributed by atoms with Crippen LogP contribution in [0.1, 0.15) is 5.69 Å². The van der Waals surface area contributed by atoms with Gasteiger partial charge < -0.3 is 10.2 Å². The number of nitrogens with zero attached hydrogens (tertiary/aromatic N) is 5. The lowest BCUT2D eigenvalue weighted by Gasteiger charge is -2.34. The van der Waals surface area contributed by atoms with Crippen molar-refractivity contribution in [3.8, 4) is 6.07 Å². The van der Waals surface area contributed by atoms with E-state index in [1.807, 2.05) is 30.3 Å². The SMILES string of the molecule is N#Cc1ccc(N2CCN(CC(=O)Nc3ccc(Br)cc3)CC2)nn1. The third-order valence-electron chi connectivity index (χ3n) is 3.96. The van der Waals surface area contributed by atoms with Gasteiger partial charge in [0.1, 0.15) is 6.07 Å². The Hall–Kier alpha value is -2.50. The summed E-state index contributed by atoms with van der Waals surface area (Å²) in [5.41, 5.74) is 1.10. The maximum atomic E-state index is 12.2. The number of aromatic nitrogens is 2. The van der Waals surface area contributed by atoms with Crippen molar-refractivity contribution < 1.29 is 4.79 Å². The maximum absolute atomic E-state index is 12.2. The molecule has 2 aromatic rings. The monoisotopic (exact) mass is 400 g/mol. The van der Waals surface area contributed by atoms with Crippen LogP contribution in [-0.2, 0) is 4.79 Å². The fourth-order valence-electron chi connectivity index (χ4n) is 2.63. The molecule has 0 radical (unpaired) electrons. The zero-order chi connectivity index (χ0) is 17.6. The van der Waals surface area contributed by atoms with Gasteiger partial charge in [-0.05, 0) is 36.4 Å². The Balaban J connectivity index is 1.47. The smallest absolute Gasteiger partial charge is 0.238 e. The molecular formula is C17H17BrN6O. The van der Waals surface area contributed by atoms with Crippen LogP contribution in [0.2, 0.25) is 0 Å². The van der Waals surface area contributed by atoms with Crippen molar-refractivity contribution in [2.75, 3.05) is 42.9 Å². The summed E-state index contributed by atoms with van der Waals surface area (Å²) in [6.45, 7) is 3.45. The van der Waals surface area contributed by atoms with Gasteiger partial charge in [-0.2, -0.15) is 5.26 Å². The van der Waals surface area contributed by atoms with Crippen molar-refractivity contribution in [2.45, 2.75) is 0 Å². The summed E-state index contributed by atoms with van der Waals surface area (Å²) in [5, 5.41) is 19.6. The number of benzene rings is 1. The largest absolute Gasteiger partial charge is 0.353 e. The second-order valence-electron chi connectivity index (χ2n) is 5.71. The summed E-state index contributed by atoms with van der Waals surface area (Å²) in [5.74, 6) is 0.743. The van der Waals surface area contributed by atoms with E-state index in [0.29, 0.717) is 12.2 Å². The molecule has 1 N–H and O–H groups in total. The molecule has 1 saturated heterocycles. The van der Waals surface area contributed by atoms with Gasteiger partial charge in [-0.3, -0.25) is 9.69 Å². The van der Waals surface area contributed by atoms with Gasteiger partial charge in [0.15, 0.2) is 11.5 Å². The molecule has 1 aromatic heterocycles. The van der Waals surface area contributed by atoms with Gasteiger partial charge in [0.05, 0.1) is 6.54 Å². The van der Waals surface area contributed by atoms with Crippen molar-refractivity contribution in [1.82, 2.24) is 15.1 Å². The lowest BCUT2D eigenvalue weighted by molar-refractivity contribution is -0.117. The van der Waals surface area contributed by atoms with Crippen LogP contribution in [0.25, 0.3) is 0 Å². The van der Waals surface area contributed by atoms with E-state index in [1.165, 1.54) is 0 Å². The molecule has 0 spiro atoms. The van der Waals surface area contributed by atoms with Gasteiger partial charge in [0.2, 0.25) is 5.91 Å². The Morgan fingerprint density at radius 3 is 2.44 bits per heavy atom. The molecule has 0 aliphatic carbocycles. The van der Waals surface area contributed by atoms with E-state index < -0.39 is 0 Å². The Morgan fingerprint density at radius 1 is 1.12 bits per heavy atom. The van der Waals surface area contributed by atoms with Gasteiger partial charge in [-0.15, -0.1) is 10.2 Å². The predicted molar refractivity (Wildman–Crippen MR) is 98.2 cm³/mol. The maximum Gasteiger partial charge on any atom is 0.238 e. The molecule has 0 unspecified atom stereocenters. The standard InChI is InChI=1S/C17H17BrN6O/c18-13-1-3-14(4-2-13)20-17(25)12-23-7-9-24(10-8-23)16-6-5-15(11-19)21-22-16/h1-6H,7-10,12H2,(H,20,25). The zero-order valence-electron chi connectivity index (χ0n) is 13.5. The molecule has 0 atom stereocenters. The number of carbonyl (C=O) groups excluding carboxylic acids is 1. The van der Waals surface area contributed by atoms with Crippen LogP contribution in [-0.4, -0.2) is 53.7 Å². The molecule has 1 aliphatic heterocycles. The van der Waals surface area contributed by atoms with Crippen LogP contribution in [0.4, 0.5) is 11.5 Å². The zero-order valence-corrected chi connectivity index (χ0v) is 15.1. The van der Waals surface area contributed by atoms with E-state index in [-0.39, 0.29) is 5.91 Å². The third kappa shape index (κ3) is 4.75. The second kappa shape index (κ2) is 8.05. The van der Waals surface area contributed by atoms with Gasteiger partial charge in [-0.1, -0.05) is 15.9 Å². The molecule has 0 bridgehead atoms. The summed E-state index contributed by atoms with van der Waals surface area (Å²) >= 11 is 3.37. The third-order valence-corrected chi connectivity index (χ3v) is 4.49. The number of rotatable bonds is 4. The van der Waals surface area contributed by atoms with E-state index in [1.54, 1.807) is 12.1 Å². The van der Waals surface area contributed by atoms with Crippen LogP contribution in [0.3, 0.4) is 0 Å². The number of nitriles is 1. The number of halogens is 1. The highest BCUT2D eigenvalue weighted by Crippen LogP contribution is 2.15. The lowest BCUT2D eigenvalue weighted by Crippen LogP contribution is -2.49. The summed E-state index contributed by atoms with van der Waals surface area (Å²) in [4.78, 5) is 16.4. The van der Waals surface area contributed by atoms with Crippen molar-refractivity contribution in [1.29, 1.82) is 5.26 Å². The summed E-state index contributed by atoms with van der Waals surface area (Å²) in [6, 6.07) is 13.0. The molecule has 3 rings (SSSR count). The first-order chi connectivity index (χ1) is 12.1. The topological polar surface area (TPSA) is 85.2 Å². The molecule has 1 aromatic carbocycles. The highest BCUT2D eigenvalue weighted by molar-refractivity contribution is 9.10. The van der Waals surface area contributed by atoms with Crippen molar-refractivity contribution in [3.05, 3.63) is 46.6 Å². The number of nitrogens with one attached hydrogen (secondary N) is 1. The Labute approximate surface area is 154 Å². The van der Waals surface area contributed by atoms with Crippen molar-refractivity contribution in [3.63, 3.8) is 0 Å². The summed E-state index contributed by atoms with van der Waals surface area (Å²) < 4.78 is 0.979. The molecular weight excluding hydrogens is 384 g/mol. The fourth-order valence-corrected chi connectivity index (χ4v) is 2.89. The van der Waals surface area contributed by atoms with Gasteiger partial charge >= 0.3 is 0 Å². The fraction of sp³-hybridized carbons (Fsp3) is 0.294. The molecule has 2 heterocycles. The van der Waals surface area contributed by atoms with Crippen LogP contribution in [0.15, 0.2) is 40.9 Å². The number of amides is 1. The molecule has 8 heteroatoms. The number of hydrogen-bond acceptors (Lipinski definition) is 6. The number of piperazine rings is 1. The first kappa shape index (κ1) is 17.3. The second-order valence-corrected chi connectivity index (χ2v) is 6.62. The minimum Gasteiger partial charge on any atom is -0.353 e. The van der Waals surface area contributed by atoms with E-state index in [4.69, 9.17) is 5.26 Å². The average molecular weight is 401 g/mol. The molecule has 0 saturated carbocycles. The van der Waals surface area contributed by atoms with Crippen molar-refractivity contribution in [2.24, 2.45) is 0 Å². The summed E-state index contributed by atoms with van der Waals surface area (Å²) in [6.07, 6.45) is 0. The number of anilines is 2. The Bertz CT molecular complexity index is 763. The molecule has 25 heavy (non-hydrogen) atoms. The Morgan fingerprint density at radius 2 is 1.84 bits per heavy atom. The average Bonchev–Trinajstić information content (AvgIpc) is 2.64. The van der Waals surface area contributed by atoms with Crippen LogP contribution < -0.4 is 10.2 Å². The quantitative estimate of drug-likeness (QED) is 0.842. The molecule has 1 aliphatic rings. The number of hydrogen-bond donors (Lipinski definition) is 1. The highest BCUT2D eigenvalue weighted by Gasteiger charge is 2.20. The minimum atomic E-state index is -0.0195.